The number of nitro groups is 1. The Morgan fingerprint density at radius 2 is 0.745 bits per heavy atom. The average Bonchev–Trinajstić information content (AvgIpc) is 0.710. The van der Waals surface area contributed by atoms with Crippen LogP contribution < -0.4 is 194 Å². The highest BCUT2D eigenvalue weighted by Gasteiger charge is 2.28. The van der Waals surface area contributed by atoms with Crippen LogP contribution in [0.15, 0.2) is 236 Å². The SMILES string of the molecule is CN(C)c1ccc2nc3ccc(=[N+](C)C)c([N+](=O)[O-])c-3sc2c1.CN(C)c1ccc2nc3ccc(=[N+](C)C)cc-3sc2c1.CN=c1ccc2[nH+]c3ccc(N)cc3sc-2c1.CNc1ccc2nc3ccc(=[N+](C)C)cc-3sc2c1.C[N+](C)=c1ccc2nc3ccc(N)cc3sc-2c1.Cc1cc(=[N+](C)C)cc2sc3cc(N(C)C)cc(C)c3nc1-2.Cc1cc2nc3ccc(=[N+](C)C)cc-3sc2cc1N.[Cl-].[Cl-].[Cl-].[Cl-].[Cl-].[Cl-].[Cl-]. The number of aryl methyl sites for hydroxylation is 3. The van der Waals surface area contributed by atoms with Crippen molar-refractivity contribution in [3.05, 3.63) is 295 Å². The number of fused-ring (bicyclic) bond motifs is 14. The number of benzene rings is 14. The van der Waals surface area contributed by atoms with Crippen molar-refractivity contribution in [1.82, 2.24) is 57.4 Å². The molecule has 7 heterocycles. The first kappa shape index (κ1) is 118. The van der Waals surface area contributed by atoms with E-state index in [2.05, 4.69) is 294 Å². The molecule has 0 fully saturated rings. The molecule has 24 nitrogen and oxygen atoms in total. The van der Waals surface area contributed by atoms with Gasteiger partial charge in [-0.1, -0.05) is 0 Å². The molecule has 14 aliphatic rings. The minimum Gasteiger partial charge on any atom is -1.00 e. The standard InChI is InChI=1S/C18H22N3S.C16H17N4O2S.C16H18N3S.2C15H15N3S.C14H13N3S.C13H11N3S.7ClH/c1-11-7-13(20(3)4)9-15-17(11)19-18-12(2)8-14(21(5)6)10-16(18)22-15;1-18(2)10-5-6-11-14(9-10)23-16-12(17-11)7-8-13(19(3)4)15(16)20(21)22;1-18(2)11-5-7-13-15(9-11)20-16-10-12(19(3)4)6-8-14(16)17-13;1-16-10-4-6-12-14(8-10)19-15-9-11(18(2)3)5-7-13(15)17-12;1-9-6-13-15(8-11(9)16)19-14-7-10(18(2)3)4-5-12(14)17-13;1-17(2)10-4-6-12-14(8-10)18-13-7-9(15)3-5-11(13)16-12;1-15-9-3-5-11-13(7-9)17-12-6-8(14)2-4-10(12)16-11;;;;;;;/h7-10H,1-6H3;5-9H,1-4H3;5-10H,1-4H3;4-9H,1-3H3;4-8,16H,1-3H3;3-8,15H,1-2H3;2-7H,14H2,1H3;7*1H/q3*+1;;;;;;;;;;;/p-3. The van der Waals surface area contributed by atoms with Crippen LogP contribution in [0.3, 0.4) is 0 Å². The topological polar surface area (TPSA) is 265 Å². The van der Waals surface area contributed by atoms with E-state index < -0.39 is 0 Å². The van der Waals surface area contributed by atoms with E-state index in [1.807, 2.05) is 145 Å². The zero-order valence-corrected chi connectivity index (χ0v) is 95.6. The lowest BCUT2D eigenvalue weighted by Gasteiger charge is -2.16. The predicted molar refractivity (Wildman–Crippen MR) is 593 cm³/mol. The molecule has 8 N–H and O–H groups in total. The fourth-order valence-electron chi connectivity index (χ4n) is 15.1. The molecule has 7 aliphatic heterocycles. The highest BCUT2D eigenvalue weighted by molar-refractivity contribution is 7.24. The van der Waals surface area contributed by atoms with Gasteiger partial charge >= 0.3 is 5.69 Å². The number of nitro benzene ring substituents is 1. The fourth-order valence-corrected chi connectivity index (χ4v) is 22.7. The van der Waals surface area contributed by atoms with Crippen LogP contribution in [-0.2, 0) is 0 Å². The number of hydrogen-bond acceptors (Lipinski definition) is 23. The highest BCUT2D eigenvalue weighted by Crippen LogP contribution is 2.41. The first-order valence-electron chi connectivity index (χ1n) is 44.5. The van der Waals surface area contributed by atoms with Crippen molar-refractivity contribution < 1.29 is 96.8 Å². The van der Waals surface area contributed by atoms with Gasteiger partial charge in [0.1, 0.15) is 99.0 Å². The van der Waals surface area contributed by atoms with Gasteiger partial charge in [0.25, 0.3) is 5.36 Å². The van der Waals surface area contributed by atoms with E-state index >= 15 is 0 Å². The fraction of sp³-hybridized carbons (Fsp3) is 0.215. The molecule has 145 heavy (non-hydrogen) atoms. The van der Waals surface area contributed by atoms with Crippen LogP contribution in [0.1, 0.15) is 16.7 Å². The molecule has 0 saturated carbocycles. The summed E-state index contributed by atoms with van der Waals surface area (Å²) in [6.45, 7) is 6.30. The minimum absolute atomic E-state index is 0. The van der Waals surface area contributed by atoms with E-state index in [1.54, 1.807) is 88.5 Å². The summed E-state index contributed by atoms with van der Waals surface area (Å²) >= 11 is 12.0. The van der Waals surface area contributed by atoms with Crippen molar-refractivity contribution in [2.75, 3.05) is 178 Å². The molecule has 38 heteroatoms. The Labute approximate surface area is 914 Å². The van der Waals surface area contributed by atoms with E-state index in [0.29, 0.717) is 15.9 Å². The number of rotatable bonds is 5. The number of nitrogens with one attached hydrogen (secondary N) is 2. The predicted octanol–water partition coefficient (Wildman–Crippen LogP) is -4.20. The lowest BCUT2D eigenvalue weighted by Crippen LogP contribution is -3.00. The van der Waals surface area contributed by atoms with E-state index in [-0.39, 0.29) is 97.5 Å². The number of aromatic nitrogens is 7. The first-order chi connectivity index (χ1) is 65.9. The Morgan fingerprint density at radius 1 is 0.345 bits per heavy atom. The third kappa shape index (κ3) is 27.8. The highest BCUT2D eigenvalue weighted by atomic mass is 35.5. The summed E-state index contributed by atoms with van der Waals surface area (Å²) in [6, 6.07) is 78.6. The Morgan fingerprint density at radius 3 is 1.21 bits per heavy atom. The van der Waals surface area contributed by atoms with E-state index in [9.17, 15) is 10.1 Å². The number of H-pyrrole nitrogens is 1. The Hall–Kier alpha value is -12.2. The van der Waals surface area contributed by atoms with Crippen LogP contribution in [0.2, 0.25) is 0 Å². The Bertz CT molecular complexity index is 8590. The van der Waals surface area contributed by atoms with Gasteiger partial charge in [0.15, 0.2) is 0 Å². The normalized spacial score (nSPS) is 10.7. The Balaban J connectivity index is 0.000000205. The number of nitrogens with zero attached hydrogens (tertiary/aromatic N) is 17. The molecule has 756 valence electrons. The summed E-state index contributed by atoms with van der Waals surface area (Å²) in [4.78, 5) is 61.3. The van der Waals surface area contributed by atoms with Gasteiger partial charge in [0.05, 0.1) is 130 Å². The van der Waals surface area contributed by atoms with Gasteiger partial charge in [-0.25, -0.2) is 62.3 Å². The molecule has 7 aromatic rings. The molecule has 0 saturated heterocycles. The van der Waals surface area contributed by atoms with Gasteiger partial charge in [0.2, 0.25) is 38.0 Å². The third-order valence-electron chi connectivity index (χ3n) is 23.1. The maximum absolute atomic E-state index is 11.6. The van der Waals surface area contributed by atoms with Crippen molar-refractivity contribution in [2.24, 2.45) is 4.99 Å². The van der Waals surface area contributed by atoms with Crippen LogP contribution in [0, 0.1) is 30.9 Å². The van der Waals surface area contributed by atoms with E-state index in [0.717, 1.165) is 131 Å². The molecule has 0 atom stereocenters. The first-order valence-corrected chi connectivity index (χ1v) is 50.2. The summed E-state index contributed by atoms with van der Waals surface area (Å²) in [5.41, 5.74) is 42.5. The van der Waals surface area contributed by atoms with Gasteiger partial charge in [-0.05, 0) is 189 Å². The minimum atomic E-state index is -0.322. The number of nitrogens with two attached hydrogens (primary N) is 3. The molecule has 0 radical (unpaired) electrons. The number of nitrogen functional groups attached to an aromatic ring is 3. The summed E-state index contributed by atoms with van der Waals surface area (Å²) in [5.74, 6) is 0. The lowest BCUT2D eigenvalue weighted by atomic mass is 10.1. The molecule has 0 spiro atoms. The van der Waals surface area contributed by atoms with Crippen LogP contribution in [-0.4, -0.2) is 176 Å². The number of hydrogen-bond donors (Lipinski definition) is 4. The van der Waals surface area contributed by atoms with Crippen LogP contribution in [0.25, 0.3) is 146 Å². The molecule has 0 aromatic heterocycles. The quantitative estimate of drug-likeness (QED) is 0.0419. The molecule has 0 unspecified atom stereocenters. The zero-order valence-electron chi connectivity index (χ0n) is 84.6. The average molecular weight is 2210 g/mol. The molecular weight excluding hydrogens is 2100 g/mol. The second-order valence-corrected chi connectivity index (χ2v) is 42.8. The summed E-state index contributed by atoms with van der Waals surface area (Å²) in [6.07, 6.45) is 0. The molecule has 21 rings (SSSR count). The van der Waals surface area contributed by atoms with Crippen molar-refractivity contribution in [2.45, 2.75) is 20.8 Å². The van der Waals surface area contributed by atoms with E-state index in [4.69, 9.17) is 37.1 Å². The second kappa shape index (κ2) is 51.3. The lowest BCUT2D eigenvalue weighted by molar-refractivity contribution is -0.385. The summed E-state index contributed by atoms with van der Waals surface area (Å²) < 4.78 is 20.3. The third-order valence-corrected chi connectivity index (χ3v) is 30.8. The van der Waals surface area contributed by atoms with Gasteiger partial charge in [0, 0.05) is 175 Å². The molecule has 0 amide bonds. The van der Waals surface area contributed by atoms with Crippen LogP contribution in [0.5, 0.6) is 0 Å². The van der Waals surface area contributed by atoms with Crippen LogP contribution in [0.4, 0.5) is 45.5 Å². The van der Waals surface area contributed by atoms with Crippen molar-refractivity contribution in [1.29, 1.82) is 0 Å². The Kier molecular flexibility index (Phi) is 41.7. The van der Waals surface area contributed by atoms with Crippen molar-refractivity contribution in [3.8, 4) is 74.0 Å². The summed E-state index contributed by atoms with van der Waals surface area (Å²) in [7, 11) is 40.1. The smallest absolute Gasteiger partial charge is 0.358 e. The maximum atomic E-state index is 11.6. The second-order valence-electron chi connectivity index (χ2n) is 35.2. The molecule has 7 aliphatic carbocycles. The maximum Gasteiger partial charge on any atom is 0.358 e. The molecule has 7 aromatic carbocycles. The number of anilines is 7. The van der Waals surface area contributed by atoms with E-state index in [1.165, 1.54) is 104 Å². The van der Waals surface area contributed by atoms with Crippen molar-refractivity contribution >= 4 is 196 Å². The van der Waals surface area contributed by atoms with Crippen molar-refractivity contribution in [3.63, 3.8) is 0 Å². The number of halogens is 7. The monoisotopic (exact) mass is 2210 g/mol. The van der Waals surface area contributed by atoms with Gasteiger partial charge < -0.3 is 124 Å². The van der Waals surface area contributed by atoms with Gasteiger partial charge in [-0.2, -0.15) is 0 Å². The number of aromatic amines is 1. The van der Waals surface area contributed by atoms with Crippen LogP contribution >= 0.6 is 79.4 Å². The van der Waals surface area contributed by atoms with Gasteiger partial charge in [-0.3, -0.25) is 15.1 Å². The molecular formula is C107H115Cl7N22O2S7. The summed E-state index contributed by atoms with van der Waals surface area (Å²) in [5, 5.41) is 22.4. The zero-order chi connectivity index (χ0) is 98.5. The molecule has 0 bridgehead atoms. The van der Waals surface area contributed by atoms with Gasteiger partial charge in [-0.15, -0.1) is 79.4 Å². The largest absolute Gasteiger partial charge is 1.00 e.